The van der Waals surface area contributed by atoms with Crippen LogP contribution in [0.3, 0.4) is 0 Å². The van der Waals surface area contributed by atoms with Crippen LogP contribution in [-0.4, -0.2) is 5.78 Å². The number of hydrogen-bond donors (Lipinski definition) is 0. The van der Waals surface area contributed by atoms with Crippen molar-refractivity contribution in [2.75, 3.05) is 0 Å². The summed E-state index contributed by atoms with van der Waals surface area (Å²) in [7, 11) is 0. The first-order chi connectivity index (χ1) is 7.88. The van der Waals surface area contributed by atoms with E-state index < -0.39 is 11.7 Å². The number of carbonyl (C=O) groups is 1. The SMILES string of the molecule is O=C1CCC(c2ccc(Br)c(C(F)(F)F)c2)C1. The molecule has 1 unspecified atom stereocenters. The Morgan fingerprint density at radius 1 is 1.29 bits per heavy atom. The predicted molar refractivity (Wildman–Crippen MR) is 60.7 cm³/mol. The smallest absolute Gasteiger partial charge is 0.300 e. The average molecular weight is 307 g/mol. The van der Waals surface area contributed by atoms with Gasteiger partial charge in [-0.3, -0.25) is 4.79 Å². The van der Waals surface area contributed by atoms with Gasteiger partial charge in [-0.15, -0.1) is 0 Å². The zero-order valence-electron chi connectivity index (χ0n) is 8.85. The molecule has 17 heavy (non-hydrogen) atoms. The number of ketones is 1. The molecule has 1 saturated carbocycles. The lowest BCUT2D eigenvalue weighted by Gasteiger charge is -2.14. The fourth-order valence-electron chi connectivity index (χ4n) is 2.11. The highest BCUT2D eigenvalue weighted by Crippen LogP contribution is 2.39. The van der Waals surface area contributed by atoms with Crippen molar-refractivity contribution in [2.45, 2.75) is 31.4 Å². The van der Waals surface area contributed by atoms with Gasteiger partial charge in [-0.05, 0) is 30.0 Å². The summed E-state index contributed by atoms with van der Waals surface area (Å²) < 4.78 is 38.1. The normalized spacial score (nSPS) is 20.9. The van der Waals surface area contributed by atoms with E-state index in [0.717, 1.165) is 6.07 Å². The standard InChI is InChI=1S/C12H10BrF3O/c13-11-4-2-8(6-10(11)12(14,15)16)7-1-3-9(17)5-7/h2,4,6-7H,1,3,5H2. The summed E-state index contributed by atoms with van der Waals surface area (Å²) in [6.07, 6.45) is -2.88. The fraction of sp³-hybridized carbons (Fsp3) is 0.417. The second kappa shape index (κ2) is 4.44. The molecule has 0 heterocycles. The zero-order chi connectivity index (χ0) is 12.6. The van der Waals surface area contributed by atoms with Crippen molar-refractivity contribution in [2.24, 2.45) is 0 Å². The lowest BCUT2D eigenvalue weighted by Crippen LogP contribution is -2.07. The van der Waals surface area contributed by atoms with E-state index in [2.05, 4.69) is 15.9 Å². The first-order valence-electron chi connectivity index (χ1n) is 5.26. The lowest BCUT2D eigenvalue weighted by atomic mass is 9.96. The van der Waals surface area contributed by atoms with Crippen LogP contribution in [0.25, 0.3) is 0 Å². The molecule has 92 valence electrons. The van der Waals surface area contributed by atoms with Gasteiger partial charge in [-0.25, -0.2) is 0 Å². The van der Waals surface area contributed by atoms with Gasteiger partial charge in [-0.1, -0.05) is 22.0 Å². The van der Waals surface area contributed by atoms with E-state index in [-0.39, 0.29) is 16.2 Å². The maximum Gasteiger partial charge on any atom is 0.417 e. The molecule has 1 fully saturated rings. The van der Waals surface area contributed by atoms with Gasteiger partial charge in [0.05, 0.1) is 5.56 Å². The van der Waals surface area contributed by atoms with Crippen LogP contribution in [0.2, 0.25) is 0 Å². The lowest BCUT2D eigenvalue weighted by molar-refractivity contribution is -0.138. The summed E-state index contributed by atoms with van der Waals surface area (Å²) in [4.78, 5) is 11.1. The Hall–Kier alpha value is -0.840. The Morgan fingerprint density at radius 2 is 2.00 bits per heavy atom. The molecule has 0 N–H and O–H groups in total. The Labute approximate surface area is 105 Å². The predicted octanol–water partition coefficient (Wildman–Crippen LogP) is 4.30. The van der Waals surface area contributed by atoms with Crippen LogP contribution >= 0.6 is 15.9 Å². The molecule has 1 aromatic carbocycles. The minimum absolute atomic E-state index is 0.0399. The Balaban J connectivity index is 2.34. The maximum atomic E-state index is 12.7. The molecule has 1 aliphatic rings. The van der Waals surface area contributed by atoms with E-state index in [1.807, 2.05) is 0 Å². The molecular weight excluding hydrogens is 297 g/mol. The molecule has 0 amide bonds. The molecule has 0 spiro atoms. The number of rotatable bonds is 1. The van der Waals surface area contributed by atoms with Gasteiger partial charge in [-0.2, -0.15) is 13.2 Å². The Bertz CT molecular complexity index is 454. The van der Waals surface area contributed by atoms with Crippen LogP contribution in [0.15, 0.2) is 22.7 Å². The van der Waals surface area contributed by atoms with Gasteiger partial charge in [0.15, 0.2) is 0 Å². The van der Waals surface area contributed by atoms with Gasteiger partial charge in [0.25, 0.3) is 0 Å². The summed E-state index contributed by atoms with van der Waals surface area (Å²) in [5, 5.41) is 0. The molecule has 5 heteroatoms. The largest absolute Gasteiger partial charge is 0.417 e. The first kappa shape index (κ1) is 12.6. The molecule has 0 aromatic heterocycles. The number of halogens is 4. The van der Waals surface area contributed by atoms with Gasteiger partial charge < -0.3 is 0 Å². The number of Topliss-reactive ketones (excluding diaryl/α,β-unsaturated/α-hetero) is 1. The van der Waals surface area contributed by atoms with E-state index in [1.54, 1.807) is 6.07 Å². The number of benzene rings is 1. The summed E-state index contributed by atoms with van der Waals surface area (Å²) in [6.45, 7) is 0. The highest BCUT2D eigenvalue weighted by atomic mass is 79.9. The third kappa shape index (κ3) is 2.70. The fourth-order valence-corrected chi connectivity index (χ4v) is 2.58. The molecule has 1 atom stereocenters. The number of hydrogen-bond acceptors (Lipinski definition) is 1. The molecule has 0 aliphatic heterocycles. The highest BCUT2D eigenvalue weighted by Gasteiger charge is 2.34. The van der Waals surface area contributed by atoms with E-state index in [9.17, 15) is 18.0 Å². The molecular formula is C12H10BrF3O. The molecule has 1 aromatic rings. The van der Waals surface area contributed by atoms with Crippen LogP contribution in [-0.2, 0) is 11.0 Å². The van der Waals surface area contributed by atoms with E-state index >= 15 is 0 Å². The Kier molecular flexibility index (Phi) is 3.30. The summed E-state index contributed by atoms with van der Waals surface area (Å²) in [6, 6.07) is 4.21. The zero-order valence-corrected chi connectivity index (χ0v) is 10.4. The minimum Gasteiger partial charge on any atom is -0.300 e. The van der Waals surface area contributed by atoms with Crippen molar-refractivity contribution in [3.63, 3.8) is 0 Å². The summed E-state index contributed by atoms with van der Waals surface area (Å²) in [5.41, 5.74) is -0.0688. The van der Waals surface area contributed by atoms with Crippen LogP contribution in [0.4, 0.5) is 13.2 Å². The van der Waals surface area contributed by atoms with Crippen molar-refractivity contribution in [3.8, 4) is 0 Å². The van der Waals surface area contributed by atoms with Crippen molar-refractivity contribution in [3.05, 3.63) is 33.8 Å². The summed E-state index contributed by atoms with van der Waals surface area (Å²) in [5.74, 6) is 0.0724. The van der Waals surface area contributed by atoms with Gasteiger partial charge in [0.1, 0.15) is 5.78 Å². The van der Waals surface area contributed by atoms with Crippen LogP contribution in [0.5, 0.6) is 0 Å². The monoisotopic (exact) mass is 306 g/mol. The van der Waals surface area contributed by atoms with Gasteiger partial charge in [0, 0.05) is 17.3 Å². The molecule has 0 radical (unpaired) electrons. The summed E-state index contributed by atoms with van der Waals surface area (Å²) >= 11 is 2.90. The average Bonchev–Trinajstić information content (AvgIpc) is 2.64. The third-order valence-electron chi connectivity index (χ3n) is 3.01. The number of carbonyl (C=O) groups excluding carboxylic acids is 1. The molecule has 1 aliphatic carbocycles. The van der Waals surface area contributed by atoms with Gasteiger partial charge in [0.2, 0.25) is 0 Å². The second-order valence-corrected chi connectivity index (χ2v) is 5.07. The molecule has 0 saturated heterocycles. The Morgan fingerprint density at radius 3 is 2.53 bits per heavy atom. The first-order valence-corrected chi connectivity index (χ1v) is 6.05. The van der Waals surface area contributed by atoms with E-state index in [1.165, 1.54) is 6.07 Å². The van der Waals surface area contributed by atoms with E-state index in [0.29, 0.717) is 24.8 Å². The van der Waals surface area contributed by atoms with E-state index in [4.69, 9.17) is 0 Å². The highest BCUT2D eigenvalue weighted by molar-refractivity contribution is 9.10. The van der Waals surface area contributed by atoms with Crippen molar-refractivity contribution >= 4 is 21.7 Å². The number of alkyl halides is 3. The van der Waals surface area contributed by atoms with Crippen LogP contribution in [0.1, 0.15) is 36.3 Å². The van der Waals surface area contributed by atoms with Gasteiger partial charge >= 0.3 is 6.18 Å². The van der Waals surface area contributed by atoms with Crippen molar-refractivity contribution in [1.29, 1.82) is 0 Å². The second-order valence-electron chi connectivity index (χ2n) is 4.22. The molecule has 1 nitrogen and oxygen atoms in total. The van der Waals surface area contributed by atoms with Crippen molar-refractivity contribution < 1.29 is 18.0 Å². The third-order valence-corrected chi connectivity index (χ3v) is 3.70. The topological polar surface area (TPSA) is 17.1 Å². The maximum absolute atomic E-state index is 12.7. The molecule has 0 bridgehead atoms. The van der Waals surface area contributed by atoms with Crippen LogP contribution in [0, 0.1) is 0 Å². The minimum atomic E-state index is -4.36. The quantitative estimate of drug-likeness (QED) is 0.756. The van der Waals surface area contributed by atoms with Crippen molar-refractivity contribution in [1.82, 2.24) is 0 Å². The van der Waals surface area contributed by atoms with Crippen LogP contribution < -0.4 is 0 Å². The molecule has 2 rings (SSSR count).